The minimum Gasteiger partial charge on any atom is -0.493 e. The lowest BCUT2D eigenvalue weighted by atomic mass is 10.0. The highest BCUT2D eigenvalue weighted by Gasteiger charge is 2.20. The van der Waals surface area contributed by atoms with Gasteiger partial charge in [0, 0.05) is 12.0 Å². The zero-order chi connectivity index (χ0) is 11.4. The Morgan fingerprint density at radius 1 is 1.44 bits per heavy atom. The van der Waals surface area contributed by atoms with E-state index in [1.165, 1.54) is 5.56 Å². The van der Waals surface area contributed by atoms with Crippen molar-refractivity contribution in [3.8, 4) is 5.75 Å². The lowest BCUT2D eigenvalue weighted by Gasteiger charge is -2.26. The Balaban J connectivity index is 1.96. The van der Waals surface area contributed by atoms with Gasteiger partial charge in [0.05, 0.1) is 19.3 Å². The third-order valence-electron chi connectivity index (χ3n) is 2.60. The van der Waals surface area contributed by atoms with Crippen molar-refractivity contribution in [3.63, 3.8) is 0 Å². The molecule has 1 aliphatic heterocycles. The quantitative estimate of drug-likeness (QED) is 0.793. The summed E-state index contributed by atoms with van der Waals surface area (Å²) < 4.78 is 5.59. The summed E-state index contributed by atoms with van der Waals surface area (Å²) in [6, 6.07) is 8.38. The summed E-state index contributed by atoms with van der Waals surface area (Å²) in [6.07, 6.45) is 0.953. The van der Waals surface area contributed by atoms with Gasteiger partial charge in [-0.25, -0.2) is 0 Å². The molecule has 0 radical (unpaired) electrons. The lowest BCUT2D eigenvalue weighted by molar-refractivity contribution is -0.00810. The van der Waals surface area contributed by atoms with Gasteiger partial charge in [-0.05, 0) is 12.0 Å². The maximum absolute atomic E-state index is 5.59. The van der Waals surface area contributed by atoms with Gasteiger partial charge in [0.25, 0.3) is 0 Å². The largest absolute Gasteiger partial charge is 0.493 e. The van der Waals surface area contributed by atoms with E-state index in [-0.39, 0.29) is 6.04 Å². The number of benzene rings is 1. The van der Waals surface area contributed by atoms with Crippen molar-refractivity contribution in [2.75, 3.05) is 13.2 Å². The third kappa shape index (κ3) is 2.74. The molecule has 1 aromatic carbocycles. The summed E-state index contributed by atoms with van der Waals surface area (Å²) in [5.74, 6) is 1.52. The maximum atomic E-state index is 5.59. The van der Waals surface area contributed by atoms with Crippen molar-refractivity contribution < 1.29 is 9.57 Å². The first kappa shape index (κ1) is 11.4. The first-order chi connectivity index (χ1) is 7.77. The van der Waals surface area contributed by atoms with E-state index < -0.39 is 0 Å². The van der Waals surface area contributed by atoms with E-state index in [1.807, 2.05) is 18.2 Å². The van der Waals surface area contributed by atoms with Crippen molar-refractivity contribution in [2.24, 2.45) is 5.92 Å². The Morgan fingerprint density at radius 2 is 2.25 bits per heavy atom. The molecule has 3 nitrogen and oxygen atoms in total. The molecule has 1 aromatic rings. The summed E-state index contributed by atoms with van der Waals surface area (Å²) in [7, 11) is 0. The highest BCUT2D eigenvalue weighted by molar-refractivity contribution is 5.37. The Morgan fingerprint density at radius 3 is 3.06 bits per heavy atom. The van der Waals surface area contributed by atoms with Crippen LogP contribution in [0.4, 0.5) is 0 Å². The minimum atomic E-state index is 0.253. The van der Waals surface area contributed by atoms with E-state index in [0.29, 0.717) is 5.92 Å². The fourth-order valence-corrected chi connectivity index (χ4v) is 1.78. The molecular formula is C13H19NO2. The summed E-state index contributed by atoms with van der Waals surface area (Å²) in [4.78, 5) is 5.49. The van der Waals surface area contributed by atoms with Crippen LogP contribution in [-0.4, -0.2) is 13.2 Å². The summed E-state index contributed by atoms with van der Waals surface area (Å²) in [5, 5.41) is 0. The predicted octanol–water partition coefficient (Wildman–Crippen LogP) is 2.69. The van der Waals surface area contributed by atoms with Crippen LogP contribution in [0.15, 0.2) is 24.3 Å². The number of hydrogen-bond donors (Lipinski definition) is 1. The van der Waals surface area contributed by atoms with E-state index in [2.05, 4.69) is 25.4 Å². The standard InChI is InChI=1S/C13H19NO2/c1-10(2)9-16-14-12-7-8-15-13-6-4-3-5-11(12)13/h3-6,10,12,14H,7-9H2,1-2H3. The molecule has 3 heteroatoms. The first-order valence-electron chi connectivity index (χ1n) is 5.86. The van der Waals surface area contributed by atoms with Crippen LogP contribution >= 0.6 is 0 Å². The number of hydroxylamine groups is 1. The average molecular weight is 221 g/mol. The molecule has 2 rings (SSSR count). The van der Waals surface area contributed by atoms with E-state index in [4.69, 9.17) is 9.57 Å². The summed E-state index contributed by atoms with van der Waals surface area (Å²) >= 11 is 0. The number of para-hydroxylation sites is 1. The van der Waals surface area contributed by atoms with Crippen molar-refractivity contribution in [1.29, 1.82) is 0 Å². The summed E-state index contributed by atoms with van der Waals surface area (Å²) in [5.41, 5.74) is 4.32. The van der Waals surface area contributed by atoms with Crippen molar-refractivity contribution in [2.45, 2.75) is 26.3 Å². The number of rotatable bonds is 4. The van der Waals surface area contributed by atoms with Gasteiger partial charge in [0.1, 0.15) is 5.75 Å². The topological polar surface area (TPSA) is 30.5 Å². The van der Waals surface area contributed by atoms with Gasteiger partial charge < -0.3 is 9.57 Å². The van der Waals surface area contributed by atoms with Crippen LogP contribution < -0.4 is 10.2 Å². The van der Waals surface area contributed by atoms with Crippen LogP contribution in [0, 0.1) is 5.92 Å². The molecule has 0 saturated carbocycles. The molecule has 16 heavy (non-hydrogen) atoms. The molecule has 1 N–H and O–H groups in total. The van der Waals surface area contributed by atoms with Gasteiger partial charge >= 0.3 is 0 Å². The second-order valence-electron chi connectivity index (χ2n) is 4.55. The number of nitrogens with one attached hydrogen (secondary N) is 1. The van der Waals surface area contributed by atoms with Crippen LogP contribution in [0.1, 0.15) is 31.9 Å². The van der Waals surface area contributed by atoms with E-state index in [1.54, 1.807) is 0 Å². The van der Waals surface area contributed by atoms with Gasteiger partial charge in [-0.2, -0.15) is 5.48 Å². The predicted molar refractivity (Wildman–Crippen MR) is 63.2 cm³/mol. The summed E-state index contributed by atoms with van der Waals surface area (Å²) in [6.45, 7) is 5.76. The van der Waals surface area contributed by atoms with Crippen LogP contribution in [0.5, 0.6) is 5.75 Å². The molecule has 1 heterocycles. The Bertz CT molecular complexity index is 338. The Hall–Kier alpha value is -1.06. The third-order valence-corrected chi connectivity index (χ3v) is 2.60. The molecule has 1 unspecified atom stereocenters. The number of ether oxygens (including phenoxy) is 1. The first-order valence-corrected chi connectivity index (χ1v) is 5.86. The van der Waals surface area contributed by atoms with Crippen molar-refractivity contribution in [1.82, 2.24) is 5.48 Å². The van der Waals surface area contributed by atoms with Gasteiger partial charge in [0.15, 0.2) is 0 Å². The molecule has 1 aliphatic rings. The highest BCUT2D eigenvalue weighted by Crippen LogP contribution is 2.31. The van der Waals surface area contributed by atoms with Gasteiger partial charge in [-0.1, -0.05) is 32.0 Å². The zero-order valence-electron chi connectivity index (χ0n) is 9.90. The molecule has 0 saturated heterocycles. The highest BCUT2D eigenvalue weighted by atomic mass is 16.6. The fourth-order valence-electron chi connectivity index (χ4n) is 1.78. The smallest absolute Gasteiger partial charge is 0.124 e. The van der Waals surface area contributed by atoms with Crippen LogP contribution in [0.25, 0.3) is 0 Å². The van der Waals surface area contributed by atoms with Crippen LogP contribution in [0.2, 0.25) is 0 Å². The monoisotopic (exact) mass is 221 g/mol. The Kier molecular flexibility index (Phi) is 3.80. The molecular weight excluding hydrogens is 202 g/mol. The van der Waals surface area contributed by atoms with Gasteiger partial charge in [0.2, 0.25) is 0 Å². The lowest BCUT2D eigenvalue weighted by Crippen LogP contribution is -2.28. The van der Waals surface area contributed by atoms with E-state index in [0.717, 1.165) is 25.4 Å². The minimum absolute atomic E-state index is 0.253. The van der Waals surface area contributed by atoms with Gasteiger partial charge in [-0.3, -0.25) is 0 Å². The van der Waals surface area contributed by atoms with Gasteiger partial charge in [-0.15, -0.1) is 0 Å². The van der Waals surface area contributed by atoms with E-state index in [9.17, 15) is 0 Å². The fraction of sp³-hybridized carbons (Fsp3) is 0.538. The molecule has 0 aliphatic carbocycles. The van der Waals surface area contributed by atoms with Crippen LogP contribution in [0.3, 0.4) is 0 Å². The van der Waals surface area contributed by atoms with Crippen molar-refractivity contribution in [3.05, 3.63) is 29.8 Å². The van der Waals surface area contributed by atoms with Crippen LogP contribution in [-0.2, 0) is 4.84 Å². The second-order valence-corrected chi connectivity index (χ2v) is 4.55. The van der Waals surface area contributed by atoms with E-state index >= 15 is 0 Å². The second kappa shape index (κ2) is 5.32. The SMILES string of the molecule is CC(C)CONC1CCOc2ccccc21. The molecule has 0 amide bonds. The zero-order valence-corrected chi connectivity index (χ0v) is 9.90. The van der Waals surface area contributed by atoms with Crippen molar-refractivity contribution >= 4 is 0 Å². The normalized spacial score (nSPS) is 19.3. The average Bonchev–Trinajstić information content (AvgIpc) is 2.29. The molecule has 0 spiro atoms. The molecule has 0 aromatic heterocycles. The molecule has 88 valence electrons. The molecule has 1 atom stereocenters. The molecule has 0 fully saturated rings. The molecule has 0 bridgehead atoms. The number of hydrogen-bond acceptors (Lipinski definition) is 3. The maximum Gasteiger partial charge on any atom is 0.124 e. The Labute approximate surface area is 96.7 Å². The number of fused-ring (bicyclic) bond motifs is 1.